The van der Waals surface area contributed by atoms with Crippen molar-refractivity contribution in [3.05, 3.63) is 58.1 Å². The van der Waals surface area contributed by atoms with Gasteiger partial charge in [-0.3, -0.25) is 0 Å². The van der Waals surface area contributed by atoms with Gasteiger partial charge in [-0.2, -0.15) is 0 Å². The number of nitrogens with zero attached hydrogens (tertiary/aromatic N) is 3. The fourth-order valence-electron chi connectivity index (χ4n) is 3.79. The first-order valence-electron chi connectivity index (χ1n) is 10.0. The third-order valence-corrected chi connectivity index (χ3v) is 5.31. The molecule has 4 N–H and O–H groups in total. The smallest absolute Gasteiger partial charge is 0.354 e. The van der Waals surface area contributed by atoms with Crippen LogP contribution in [0, 0.1) is 6.92 Å². The highest BCUT2D eigenvalue weighted by Crippen LogP contribution is 2.17. The molecule has 1 aliphatic rings. The second-order valence-corrected chi connectivity index (χ2v) is 7.47. The average Bonchev–Trinajstić information content (AvgIpc) is 3.09. The van der Waals surface area contributed by atoms with Crippen LogP contribution in [-0.4, -0.2) is 37.6 Å². The van der Waals surface area contributed by atoms with Gasteiger partial charge in [-0.25, -0.2) is 24.1 Å². The first-order chi connectivity index (χ1) is 14.9. The normalized spacial score (nSPS) is 13.1. The van der Waals surface area contributed by atoms with Crippen molar-refractivity contribution in [3.63, 3.8) is 0 Å². The molecule has 31 heavy (non-hydrogen) atoms. The van der Waals surface area contributed by atoms with Crippen molar-refractivity contribution in [1.82, 2.24) is 19.9 Å². The zero-order valence-electron chi connectivity index (χ0n) is 17.3. The van der Waals surface area contributed by atoms with Gasteiger partial charge in [-0.05, 0) is 44.4 Å². The summed E-state index contributed by atoms with van der Waals surface area (Å²) in [5.74, 6) is 0.315. The van der Waals surface area contributed by atoms with Crippen LogP contribution >= 0.6 is 0 Å². The molecule has 0 aliphatic heterocycles. The number of aryl methyl sites for hydroxylation is 1. The number of nitrogens with one attached hydrogen (secondary N) is 3. The van der Waals surface area contributed by atoms with E-state index < -0.39 is 5.97 Å². The van der Waals surface area contributed by atoms with Crippen LogP contribution in [0.15, 0.2) is 30.6 Å². The number of aromatic carboxylic acids is 1. The molecule has 3 aromatic rings. The minimum absolute atomic E-state index is 0.0524. The summed E-state index contributed by atoms with van der Waals surface area (Å²) in [5, 5.41) is 17.0. The third kappa shape index (κ3) is 4.40. The van der Waals surface area contributed by atoms with Crippen LogP contribution < -0.4 is 21.2 Å². The molecule has 160 valence electrons. The van der Waals surface area contributed by atoms with E-state index in [1.807, 2.05) is 6.92 Å². The molecule has 1 aliphatic carbocycles. The highest BCUT2D eigenvalue weighted by Gasteiger charge is 2.15. The van der Waals surface area contributed by atoms with Gasteiger partial charge in [0.25, 0.3) is 0 Å². The van der Waals surface area contributed by atoms with E-state index in [9.17, 15) is 9.18 Å². The number of anilines is 3. The largest absolute Gasteiger partial charge is 0.477 e. The molecule has 3 heterocycles. The second-order valence-electron chi connectivity index (χ2n) is 7.47. The van der Waals surface area contributed by atoms with E-state index in [-0.39, 0.29) is 11.5 Å². The van der Waals surface area contributed by atoms with Crippen molar-refractivity contribution >= 4 is 34.8 Å². The number of fused-ring (bicyclic) bond motifs is 1. The van der Waals surface area contributed by atoms with Gasteiger partial charge in [-0.1, -0.05) is 11.6 Å². The number of pyridine rings is 1. The summed E-state index contributed by atoms with van der Waals surface area (Å²) in [6, 6.07) is 6.41. The van der Waals surface area contributed by atoms with E-state index in [2.05, 4.69) is 37.5 Å². The van der Waals surface area contributed by atoms with E-state index in [1.54, 1.807) is 18.2 Å². The number of carbonyl (C=O) groups is 1. The Morgan fingerprint density at radius 3 is 2.81 bits per heavy atom. The van der Waals surface area contributed by atoms with Gasteiger partial charge in [0.15, 0.2) is 5.69 Å². The molecule has 4 rings (SSSR count). The fraction of sp³-hybridized carbons (Fsp3) is 0.273. The Hall–Kier alpha value is -3.75. The number of hydrogen-bond donors (Lipinski definition) is 4. The number of aromatic nitrogens is 4. The van der Waals surface area contributed by atoms with Crippen LogP contribution in [0.2, 0.25) is 0 Å². The van der Waals surface area contributed by atoms with Gasteiger partial charge in [0.1, 0.15) is 29.6 Å². The number of halogens is 1. The second kappa shape index (κ2) is 8.55. The zero-order valence-corrected chi connectivity index (χ0v) is 17.3. The third-order valence-electron chi connectivity index (χ3n) is 5.31. The summed E-state index contributed by atoms with van der Waals surface area (Å²) in [5.41, 5.74) is 3.26. The van der Waals surface area contributed by atoms with Crippen molar-refractivity contribution in [2.24, 2.45) is 0 Å². The number of hydrogen-bond acceptors (Lipinski definition) is 6. The fourth-order valence-corrected chi connectivity index (χ4v) is 3.79. The molecule has 0 amide bonds. The zero-order chi connectivity index (χ0) is 22.0. The molecule has 0 atom stereocenters. The first kappa shape index (κ1) is 20.5. The van der Waals surface area contributed by atoms with E-state index in [0.717, 1.165) is 29.3 Å². The molecule has 9 heteroatoms. The van der Waals surface area contributed by atoms with Crippen molar-refractivity contribution in [3.8, 4) is 0 Å². The predicted molar refractivity (Wildman–Crippen MR) is 116 cm³/mol. The van der Waals surface area contributed by atoms with Crippen LogP contribution in [0.25, 0.3) is 11.4 Å². The Bertz CT molecular complexity index is 1270. The lowest BCUT2D eigenvalue weighted by Crippen LogP contribution is -2.32. The van der Waals surface area contributed by atoms with Gasteiger partial charge in [0.2, 0.25) is 0 Å². The van der Waals surface area contributed by atoms with Crippen molar-refractivity contribution in [2.75, 3.05) is 17.2 Å². The molecule has 0 saturated carbocycles. The highest BCUT2D eigenvalue weighted by atomic mass is 19.1. The summed E-state index contributed by atoms with van der Waals surface area (Å²) in [7, 11) is 0. The van der Waals surface area contributed by atoms with Crippen molar-refractivity contribution in [1.29, 1.82) is 0 Å². The lowest BCUT2D eigenvalue weighted by Gasteiger charge is -2.10. The Morgan fingerprint density at radius 1 is 1.19 bits per heavy atom. The van der Waals surface area contributed by atoms with Crippen molar-refractivity contribution < 1.29 is 14.3 Å². The Kier molecular flexibility index (Phi) is 5.66. The highest BCUT2D eigenvalue weighted by molar-refractivity contribution is 5.85. The standard InChI is InChI=1S/C22H23FN6O2/c1-12-6-7-15(23)21-20(12)14(13(2)27-21)8-9-24-18-10-19(26-11-25-18)29-17-5-3-4-16(28-17)22(30)31/h3-5,10-11,27H,6-9H2,1-2H3,(H,30,31)(H2,24,25,26,28,29). The summed E-state index contributed by atoms with van der Waals surface area (Å²) in [6.07, 6.45) is 3.33. The lowest BCUT2D eigenvalue weighted by atomic mass is 10.00. The summed E-state index contributed by atoms with van der Waals surface area (Å²) in [6.45, 7) is 4.65. The van der Waals surface area contributed by atoms with Crippen LogP contribution in [0.1, 0.15) is 41.5 Å². The van der Waals surface area contributed by atoms with E-state index in [1.165, 1.54) is 18.0 Å². The molecule has 0 fully saturated rings. The molecular formula is C22H23FN6O2. The molecule has 3 aromatic heterocycles. The van der Waals surface area contributed by atoms with Crippen LogP contribution in [0.5, 0.6) is 0 Å². The number of carboxylic acid groups (broad SMARTS) is 1. The maximum absolute atomic E-state index is 14.2. The SMILES string of the molecule is CC1=c2c(CCNc3cc(Nc4cccc(C(=O)O)n4)ncn3)c(C)[nH]c2=C(F)CC1. The summed E-state index contributed by atoms with van der Waals surface area (Å²) in [4.78, 5) is 26.7. The Morgan fingerprint density at radius 2 is 2.00 bits per heavy atom. The molecule has 0 bridgehead atoms. The van der Waals surface area contributed by atoms with Crippen LogP contribution in [0.4, 0.5) is 21.8 Å². The topological polar surface area (TPSA) is 116 Å². The van der Waals surface area contributed by atoms with E-state index in [4.69, 9.17) is 5.11 Å². The maximum atomic E-state index is 14.2. The van der Waals surface area contributed by atoms with Crippen molar-refractivity contribution in [2.45, 2.75) is 33.1 Å². The minimum atomic E-state index is -1.10. The molecule has 0 radical (unpaired) electrons. The molecule has 0 saturated heterocycles. The Balaban J connectivity index is 1.46. The van der Waals surface area contributed by atoms with E-state index >= 15 is 0 Å². The van der Waals surface area contributed by atoms with Crippen LogP contribution in [-0.2, 0) is 6.42 Å². The number of aromatic amines is 1. The van der Waals surface area contributed by atoms with Gasteiger partial charge in [0, 0.05) is 29.9 Å². The molecule has 0 spiro atoms. The van der Waals surface area contributed by atoms with Crippen LogP contribution in [0.3, 0.4) is 0 Å². The van der Waals surface area contributed by atoms with Gasteiger partial charge >= 0.3 is 5.97 Å². The van der Waals surface area contributed by atoms with Gasteiger partial charge in [-0.15, -0.1) is 0 Å². The molecular weight excluding hydrogens is 399 g/mol. The predicted octanol–water partition coefficient (Wildman–Crippen LogP) is 2.65. The number of rotatable bonds is 7. The number of carboxylic acids is 1. The van der Waals surface area contributed by atoms with E-state index in [0.29, 0.717) is 35.8 Å². The summed E-state index contributed by atoms with van der Waals surface area (Å²) < 4.78 is 14.2. The molecule has 0 unspecified atom stereocenters. The van der Waals surface area contributed by atoms with Gasteiger partial charge in [0.05, 0.1) is 5.35 Å². The molecule has 8 nitrogen and oxygen atoms in total. The lowest BCUT2D eigenvalue weighted by molar-refractivity contribution is 0.0690. The summed E-state index contributed by atoms with van der Waals surface area (Å²) >= 11 is 0. The maximum Gasteiger partial charge on any atom is 0.354 e. The first-order valence-corrected chi connectivity index (χ1v) is 10.0. The minimum Gasteiger partial charge on any atom is -0.477 e. The average molecular weight is 422 g/mol. The number of H-pyrrole nitrogens is 1. The Labute approximate surface area is 178 Å². The monoisotopic (exact) mass is 422 g/mol. The van der Waals surface area contributed by atoms with Gasteiger partial charge < -0.3 is 20.7 Å². The quantitative estimate of drug-likeness (QED) is 0.463. The molecule has 0 aromatic carbocycles.